The summed E-state index contributed by atoms with van der Waals surface area (Å²) in [7, 11) is 1.88. The molecule has 0 saturated carbocycles. The van der Waals surface area contributed by atoms with Crippen LogP contribution in [-0.2, 0) is 11.3 Å². The number of carbonyl (C=O) groups is 2. The highest BCUT2D eigenvalue weighted by Crippen LogP contribution is 2.40. The lowest BCUT2D eigenvalue weighted by atomic mass is 9.92. The van der Waals surface area contributed by atoms with Crippen LogP contribution in [0.1, 0.15) is 50.5 Å². The average molecular weight is 530 g/mol. The van der Waals surface area contributed by atoms with Crippen LogP contribution in [0.25, 0.3) is 43.8 Å². The van der Waals surface area contributed by atoms with Crippen LogP contribution in [-0.4, -0.2) is 29.2 Å². The Morgan fingerprint density at radius 3 is 2.08 bits per heavy atom. The van der Waals surface area contributed by atoms with E-state index in [9.17, 15) is 14.7 Å². The molecule has 5 rings (SSSR count). The van der Waals surface area contributed by atoms with Crippen LogP contribution in [0, 0.1) is 0 Å². The molecule has 1 aromatic heterocycles. The maximum absolute atomic E-state index is 12.0. The van der Waals surface area contributed by atoms with Gasteiger partial charge >= 0.3 is 5.97 Å². The molecule has 4 aromatic carbocycles. The molecule has 0 bridgehead atoms. The van der Waals surface area contributed by atoms with Crippen LogP contribution < -0.4 is 10.7 Å². The first kappa shape index (κ1) is 30.7. The monoisotopic (exact) mass is 529 g/mol. The molecule has 0 radical (unpaired) electrons. The lowest BCUT2D eigenvalue weighted by Crippen LogP contribution is -2.05. The Bertz CT molecular complexity index is 1650. The lowest BCUT2D eigenvalue weighted by Gasteiger charge is -2.15. The third-order valence-electron chi connectivity index (χ3n) is 5.55. The van der Waals surface area contributed by atoms with Crippen molar-refractivity contribution < 1.29 is 24.2 Å². The van der Waals surface area contributed by atoms with Crippen LogP contribution in [0.5, 0.6) is 0 Å². The van der Waals surface area contributed by atoms with Gasteiger partial charge in [0.2, 0.25) is 0 Å². The summed E-state index contributed by atoms with van der Waals surface area (Å²) in [5.41, 5.74) is 3.93. The minimum absolute atomic E-state index is 0.0691. The van der Waals surface area contributed by atoms with E-state index < -0.39 is 11.9 Å². The molecule has 0 aliphatic heterocycles. The molecular formula is C32H35NO6. The Hall–Kier alpha value is -4.49. The van der Waals surface area contributed by atoms with E-state index in [-0.39, 0.29) is 11.0 Å². The summed E-state index contributed by atoms with van der Waals surface area (Å²) in [6.45, 7) is 9.76. The van der Waals surface area contributed by atoms with Gasteiger partial charge in [0.15, 0.2) is 5.43 Å². The van der Waals surface area contributed by atoms with Gasteiger partial charge in [-0.05, 0) is 60.0 Å². The second-order valence-electron chi connectivity index (χ2n) is 8.03. The van der Waals surface area contributed by atoms with Crippen LogP contribution in [0.15, 0.2) is 82.0 Å². The topological polar surface area (TPSA) is 117 Å². The number of rotatable bonds is 4. The molecule has 0 aliphatic rings. The van der Waals surface area contributed by atoms with E-state index in [1.54, 1.807) is 24.3 Å². The second-order valence-corrected chi connectivity index (χ2v) is 8.03. The fraction of sp³-hybridized carbons (Fsp3) is 0.219. The van der Waals surface area contributed by atoms with Gasteiger partial charge in [0.1, 0.15) is 11.2 Å². The Morgan fingerprint density at radius 1 is 0.821 bits per heavy atom. The Morgan fingerprint density at radius 2 is 1.44 bits per heavy atom. The molecule has 0 spiro atoms. The first-order valence-electron chi connectivity index (χ1n) is 12.9. The van der Waals surface area contributed by atoms with E-state index in [0.717, 1.165) is 39.6 Å². The summed E-state index contributed by atoms with van der Waals surface area (Å²) in [6, 6.07) is 21.6. The largest absolute Gasteiger partial charge is 0.481 e. The maximum Gasteiger partial charge on any atom is 0.336 e. The Balaban J connectivity index is 0.000000602. The lowest BCUT2D eigenvalue weighted by molar-refractivity contribution is -0.134. The van der Waals surface area contributed by atoms with Crippen molar-refractivity contribution in [2.75, 3.05) is 7.05 Å². The van der Waals surface area contributed by atoms with Gasteiger partial charge in [0.25, 0.3) is 5.97 Å². The van der Waals surface area contributed by atoms with Gasteiger partial charge in [-0.3, -0.25) is 9.59 Å². The zero-order valence-corrected chi connectivity index (χ0v) is 23.2. The summed E-state index contributed by atoms with van der Waals surface area (Å²) < 4.78 is 6.37. The molecule has 3 N–H and O–H groups in total. The number of carboxylic acid groups (broad SMARTS) is 2. The molecule has 5 aromatic rings. The van der Waals surface area contributed by atoms with Gasteiger partial charge in [-0.25, -0.2) is 4.79 Å². The van der Waals surface area contributed by atoms with E-state index in [1.807, 2.05) is 77.2 Å². The fourth-order valence-corrected chi connectivity index (χ4v) is 4.19. The smallest absolute Gasteiger partial charge is 0.336 e. The predicted octanol–water partition coefficient (Wildman–Crippen LogP) is 7.33. The summed E-state index contributed by atoms with van der Waals surface area (Å²) >= 11 is 0. The molecular weight excluding hydrogens is 494 g/mol. The third-order valence-corrected chi connectivity index (χ3v) is 5.55. The van der Waals surface area contributed by atoms with Crippen LogP contribution >= 0.6 is 0 Å². The highest BCUT2D eigenvalue weighted by Gasteiger charge is 2.19. The molecule has 0 fully saturated rings. The second kappa shape index (κ2) is 14.4. The van der Waals surface area contributed by atoms with Crippen molar-refractivity contribution in [3.8, 4) is 11.1 Å². The summed E-state index contributed by atoms with van der Waals surface area (Å²) in [4.78, 5) is 32.8. The molecule has 1 heterocycles. The van der Waals surface area contributed by atoms with Crippen molar-refractivity contribution in [2.24, 2.45) is 0 Å². The van der Waals surface area contributed by atoms with Gasteiger partial charge in [-0.2, -0.15) is 0 Å². The number of aromatic carboxylic acids is 1. The van der Waals surface area contributed by atoms with Crippen molar-refractivity contribution in [2.45, 2.75) is 41.2 Å². The van der Waals surface area contributed by atoms with E-state index in [2.05, 4.69) is 5.32 Å². The number of nitrogens with one attached hydrogen (secondary N) is 1. The number of hydrogen-bond acceptors (Lipinski definition) is 5. The van der Waals surface area contributed by atoms with Gasteiger partial charge < -0.3 is 19.9 Å². The fourth-order valence-electron chi connectivity index (χ4n) is 4.19. The van der Waals surface area contributed by atoms with E-state index >= 15 is 0 Å². The van der Waals surface area contributed by atoms with E-state index in [0.29, 0.717) is 23.3 Å². The molecule has 0 saturated heterocycles. The van der Waals surface area contributed by atoms with Crippen LogP contribution in [0.4, 0.5) is 0 Å². The number of fused-ring (bicyclic) bond motifs is 4. The third kappa shape index (κ3) is 7.09. The van der Waals surface area contributed by atoms with Crippen molar-refractivity contribution in [1.29, 1.82) is 0 Å². The number of carboxylic acids is 2. The molecule has 204 valence electrons. The van der Waals surface area contributed by atoms with Crippen molar-refractivity contribution >= 4 is 44.6 Å². The summed E-state index contributed by atoms with van der Waals surface area (Å²) in [6.07, 6.45) is 0. The van der Waals surface area contributed by atoms with Crippen LogP contribution in [0.3, 0.4) is 0 Å². The van der Waals surface area contributed by atoms with Gasteiger partial charge in [-0.1, -0.05) is 64.1 Å². The van der Waals surface area contributed by atoms with Gasteiger partial charge in [-0.15, -0.1) is 0 Å². The van der Waals surface area contributed by atoms with E-state index in [4.69, 9.17) is 14.3 Å². The summed E-state index contributed by atoms with van der Waals surface area (Å²) in [5.74, 6) is -1.82. The maximum atomic E-state index is 12.0. The molecule has 39 heavy (non-hydrogen) atoms. The van der Waals surface area contributed by atoms with Crippen LogP contribution in [0.2, 0.25) is 0 Å². The molecule has 0 unspecified atom stereocenters. The zero-order chi connectivity index (χ0) is 29.1. The SMILES string of the molecule is CC.CC.CC(=O)O.CNCc1ccc2c(-c3ccccc3C(=O)O)c3ccc4cc(=O)ccc4c3oc2c1. The Labute approximate surface area is 227 Å². The first-order valence-corrected chi connectivity index (χ1v) is 12.9. The normalized spacial score (nSPS) is 10.0. The Kier molecular flexibility index (Phi) is 11.4. The predicted molar refractivity (Wildman–Crippen MR) is 159 cm³/mol. The number of hydrogen-bond donors (Lipinski definition) is 3. The zero-order valence-electron chi connectivity index (χ0n) is 23.2. The molecule has 7 heteroatoms. The molecule has 0 atom stereocenters. The quantitative estimate of drug-likeness (QED) is 0.165. The standard InChI is InChI=1S/C26H19NO4.C2H4O2.2C2H6/c1-27-14-15-6-9-21-23(12-15)31-25-18-11-8-17(28)13-16(18)7-10-22(25)24(21)19-4-2-3-5-20(19)26(29)30;1-2(3)4;2*1-2/h2-13,27H,14H2,1H3,(H,29,30);1H3,(H,3,4);2*1-2H3. The molecule has 0 amide bonds. The van der Waals surface area contributed by atoms with Crippen molar-refractivity contribution in [3.05, 3.63) is 94.1 Å². The van der Waals surface area contributed by atoms with E-state index in [1.165, 1.54) is 6.07 Å². The molecule has 0 aliphatic carbocycles. The first-order chi connectivity index (χ1) is 18.8. The minimum atomic E-state index is -0.985. The molecule has 7 nitrogen and oxygen atoms in total. The minimum Gasteiger partial charge on any atom is -0.481 e. The van der Waals surface area contributed by atoms with Crippen molar-refractivity contribution in [3.63, 3.8) is 0 Å². The summed E-state index contributed by atoms with van der Waals surface area (Å²) in [5, 5.41) is 23.6. The average Bonchev–Trinajstić information content (AvgIpc) is 2.93. The van der Waals surface area contributed by atoms with Crippen molar-refractivity contribution in [1.82, 2.24) is 5.32 Å². The highest BCUT2D eigenvalue weighted by atomic mass is 16.4. The highest BCUT2D eigenvalue weighted by molar-refractivity contribution is 6.17. The van der Waals surface area contributed by atoms with Gasteiger partial charge in [0.05, 0.1) is 5.56 Å². The number of aliphatic carboxylic acids is 1. The van der Waals surface area contributed by atoms with Gasteiger partial charge in [0, 0.05) is 35.2 Å². The number of benzene rings is 4.